The van der Waals surface area contributed by atoms with Gasteiger partial charge >= 0.3 is 0 Å². The molecule has 0 heterocycles. The second-order valence-corrected chi connectivity index (χ2v) is 3.02. The second-order valence-electron chi connectivity index (χ2n) is 3.02. The predicted molar refractivity (Wildman–Crippen MR) is 54.8 cm³/mol. The Kier molecular flexibility index (Phi) is 3.77. The van der Waals surface area contributed by atoms with Crippen LogP contribution in [-0.2, 0) is 0 Å². The Morgan fingerprint density at radius 2 is 2.07 bits per heavy atom. The van der Waals surface area contributed by atoms with E-state index in [0.29, 0.717) is 18.1 Å². The van der Waals surface area contributed by atoms with Crippen molar-refractivity contribution in [2.24, 2.45) is 0 Å². The number of methoxy groups -OCH3 is 1. The van der Waals surface area contributed by atoms with Crippen molar-refractivity contribution in [2.45, 2.75) is 20.0 Å². The normalized spacial score (nSPS) is 12.3. The summed E-state index contributed by atoms with van der Waals surface area (Å²) in [7, 11) is 1.59. The molecule has 1 aromatic carbocycles. The van der Waals surface area contributed by atoms with Crippen molar-refractivity contribution in [1.82, 2.24) is 0 Å². The molecule has 0 radical (unpaired) electrons. The highest BCUT2D eigenvalue weighted by atomic mass is 16.5. The minimum Gasteiger partial charge on any atom is -0.493 e. The smallest absolute Gasteiger partial charge is 0.161 e. The molecule has 0 saturated carbocycles. The van der Waals surface area contributed by atoms with Crippen molar-refractivity contribution in [3.63, 3.8) is 0 Å². The van der Waals surface area contributed by atoms with Crippen LogP contribution in [0.15, 0.2) is 18.2 Å². The predicted octanol–water partition coefficient (Wildman–Crippen LogP) is 2.15. The molecule has 0 saturated heterocycles. The lowest BCUT2D eigenvalue weighted by atomic mass is 10.1. The van der Waals surface area contributed by atoms with Crippen molar-refractivity contribution in [2.75, 3.05) is 13.7 Å². The Bertz CT molecular complexity index is 295. The first-order valence-electron chi connectivity index (χ1n) is 4.67. The average Bonchev–Trinajstić information content (AvgIpc) is 2.18. The highest BCUT2D eigenvalue weighted by molar-refractivity contribution is 5.43. The third kappa shape index (κ3) is 2.39. The summed E-state index contributed by atoms with van der Waals surface area (Å²) in [5.74, 6) is 1.37. The Hall–Kier alpha value is -1.22. The van der Waals surface area contributed by atoms with Gasteiger partial charge in [-0.25, -0.2) is 0 Å². The largest absolute Gasteiger partial charge is 0.493 e. The maximum absolute atomic E-state index is 9.37. The van der Waals surface area contributed by atoms with E-state index in [-0.39, 0.29) is 0 Å². The molecule has 0 amide bonds. The maximum Gasteiger partial charge on any atom is 0.161 e. The molecule has 1 aromatic rings. The number of aliphatic hydroxyl groups is 1. The Labute approximate surface area is 84.3 Å². The van der Waals surface area contributed by atoms with Crippen LogP contribution in [0.1, 0.15) is 25.5 Å². The molecule has 0 aromatic heterocycles. The SMILES string of the molecule is CCOc1ccc(C(C)O)cc1OC. The first kappa shape index (κ1) is 10.9. The number of benzene rings is 1. The summed E-state index contributed by atoms with van der Waals surface area (Å²) in [5.41, 5.74) is 0.824. The van der Waals surface area contributed by atoms with Crippen LogP contribution in [0, 0.1) is 0 Å². The van der Waals surface area contributed by atoms with Crippen molar-refractivity contribution in [3.05, 3.63) is 23.8 Å². The van der Waals surface area contributed by atoms with Gasteiger partial charge in [-0.1, -0.05) is 6.07 Å². The summed E-state index contributed by atoms with van der Waals surface area (Å²) >= 11 is 0. The number of rotatable bonds is 4. The van der Waals surface area contributed by atoms with Gasteiger partial charge in [0.1, 0.15) is 0 Å². The number of aliphatic hydroxyl groups excluding tert-OH is 1. The van der Waals surface area contributed by atoms with Gasteiger partial charge in [-0.15, -0.1) is 0 Å². The molecule has 1 unspecified atom stereocenters. The third-order valence-corrected chi connectivity index (χ3v) is 1.97. The van der Waals surface area contributed by atoms with Gasteiger partial charge in [0, 0.05) is 0 Å². The summed E-state index contributed by atoms with van der Waals surface area (Å²) in [5, 5.41) is 9.37. The van der Waals surface area contributed by atoms with E-state index in [2.05, 4.69) is 0 Å². The number of hydrogen-bond acceptors (Lipinski definition) is 3. The van der Waals surface area contributed by atoms with E-state index in [1.54, 1.807) is 20.1 Å². The van der Waals surface area contributed by atoms with Crippen LogP contribution in [0.5, 0.6) is 11.5 Å². The maximum atomic E-state index is 9.37. The molecule has 3 heteroatoms. The molecule has 0 aliphatic carbocycles. The van der Waals surface area contributed by atoms with E-state index >= 15 is 0 Å². The standard InChI is InChI=1S/C11H16O3/c1-4-14-10-6-5-9(8(2)12)7-11(10)13-3/h5-8,12H,4H2,1-3H3. The molecule has 0 aliphatic rings. The van der Waals surface area contributed by atoms with Gasteiger partial charge in [0.05, 0.1) is 19.8 Å². The minimum atomic E-state index is -0.487. The summed E-state index contributed by atoms with van der Waals surface area (Å²) in [6.07, 6.45) is -0.487. The lowest BCUT2D eigenvalue weighted by Gasteiger charge is -2.11. The fourth-order valence-corrected chi connectivity index (χ4v) is 1.22. The summed E-state index contributed by atoms with van der Waals surface area (Å²) in [6.45, 7) is 4.24. The molecule has 0 spiro atoms. The van der Waals surface area contributed by atoms with E-state index < -0.39 is 6.10 Å². The van der Waals surface area contributed by atoms with Crippen LogP contribution in [0.4, 0.5) is 0 Å². The van der Waals surface area contributed by atoms with Gasteiger partial charge in [-0.3, -0.25) is 0 Å². The van der Waals surface area contributed by atoms with Crippen molar-refractivity contribution in [3.8, 4) is 11.5 Å². The van der Waals surface area contributed by atoms with E-state index in [9.17, 15) is 5.11 Å². The topological polar surface area (TPSA) is 38.7 Å². The van der Waals surface area contributed by atoms with Crippen LogP contribution in [0.25, 0.3) is 0 Å². The van der Waals surface area contributed by atoms with Crippen molar-refractivity contribution in [1.29, 1.82) is 0 Å². The molecule has 0 fully saturated rings. The second kappa shape index (κ2) is 4.86. The zero-order valence-corrected chi connectivity index (χ0v) is 8.78. The zero-order valence-electron chi connectivity index (χ0n) is 8.78. The van der Waals surface area contributed by atoms with E-state index in [1.165, 1.54) is 0 Å². The highest BCUT2D eigenvalue weighted by Gasteiger charge is 2.07. The van der Waals surface area contributed by atoms with Gasteiger partial charge < -0.3 is 14.6 Å². The van der Waals surface area contributed by atoms with Gasteiger partial charge in [0.2, 0.25) is 0 Å². The molecule has 0 aliphatic heterocycles. The van der Waals surface area contributed by atoms with Gasteiger partial charge in [-0.2, -0.15) is 0 Å². The van der Waals surface area contributed by atoms with Gasteiger partial charge in [-0.05, 0) is 31.5 Å². The Balaban J connectivity index is 2.98. The lowest BCUT2D eigenvalue weighted by molar-refractivity contribution is 0.198. The van der Waals surface area contributed by atoms with Crippen LogP contribution in [0.3, 0.4) is 0 Å². The summed E-state index contributed by atoms with van der Waals surface area (Å²) < 4.78 is 10.5. The average molecular weight is 196 g/mol. The number of hydrogen-bond donors (Lipinski definition) is 1. The van der Waals surface area contributed by atoms with E-state index in [4.69, 9.17) is 9.47 Å². The molecule has 1 N–H and O–H groups in total. The van der Waals surface area contributed by atoms with Crippen LogP contribution in [0.2, 0.25) is 0 Å². The first-order valence-corrected chi connectivity index (χ1v) is 4.67. The third-order valence-electron chi connectivity index (χ3n) is 1.97. The number of ether oxygens (including phenoxy) is 2. The summed E-state index contributed by atoms with van der Waals surface area (Å²) in [6, 6.07) is 5.43. The van der Waals surface area contributed by atoms with E-state index in [1.807, 2.05) is 19.1 Å². The van der Waals surface area contributed by atoms with Crippen LogP contribution in [-0.4, -0.2) is 18.8 Å². The molecular formula is C11H16O3. The first-order chi connectivity index (χ1) is 6.69. The molecule has 1 rings (SSSR count). The Morgan fingerprint density at radius 3 is 2.57 bits per heavy atom. The van der Waals surface area contributed by atoms with Crippen molar-refractivity contribution < 1.29 is 14.6 Å². The Morgan fingerprint density at radius 1 is 1.36 bits per heavy atom. The molecule has 0 bridgehead atoms. The van der Waals surface area contributed by atoms with Crippen LogP contribution >= 0.6 is 0 Å². The molecule has 3 nitrogen and oxygen atoms in total. The lowest BCUT2D eigenvalue weighted by Crippen LogP contribution is -1.97. The fraction of sp³-hybridized carbons (Fsp3) is 0.455. The monoisotopic (exact) mass is 196 g/mol. The van der Waals surface area contributed by atoms with Crippen LogP contribution < -0.4 is 9.47 Å². The molecular weight excluding hydrogens is 180 g/mol. The quantitative estimate of drug-likeness (QED) is 0.801. The zero-order chi connectivity index (χ0) is 10.6. The molecule has 14 heavy (non-hydrogen) atoms. The molecule has 1 atom stereocenters. The fourth-order valence-electron chi connectivity index (χ4n) is 1.22. The minimum absolute atomic E-state index is 0.487. The van der Waals surface area contributed by atoms with E-state index in [0.717, 1.165) is 5.56 Å². The van der Waals surface area contributed by atoms with Gasteiger partial charge in [0.15, 0.2) is 11.5 Å². The highest BCUT2D eigenvalue weighted by Crippen LogP contribution is 2.30. The van der Waals surface area contributed by atoms with Gasteiger partial charge in [0.25, 0.3) is 0 Å². The summed E-state index contributed by atoms with van der Waals surface area (Å²) in [4.78, 5) is 0. The molecule has 78 valence electrons. The van der Waals surface area contributed by atoms with Crippen molar-refractivity contribution >= 4 is 0 Å².